The van der Waals surface area contributed by atoms with Crippen molar-refractivity contribution in [3.8, 4) is 11.5 Å². The van der Waals surface area contributed by atoms with Crippen LogP contribution >= 0.6 is 24.0 Å². The average molecular weight is 463 g/mol. The normalized spacial score (nSPS) is 17.5. The summed E-state index contributed by atoms with van der Waals surface area (Å²) in [6, 6.07) is 5.92. The van der Waals surface area contributed by atoms with Crippen LogP contribution in [0.15, 0.2) is 23.2 Å². The topological polar surface area (TPSA) is 78.1 Å². The van der Waals surface area contributed by atoms with Gasteiger partial charge in [-0.3, -0.25) is 4.99 Å². The Bertz CT molecular complexity index is 534. The van der Waals surface area contributed by atoms with Gasteiger partial charge in [-0.1, -0.05) is 6.07 Å². The Morgan fingerprint density at radius 3 is 2.76 bits per heavy atom. The van der Waals surface area contributed by atoms with Gasteiger partial charge in [-0.2, -0.15) is 0 Å². The lowest BCUT2D eigenvalue weighted by molar-refractivity contribution is 0.0129. The summed E-state index contributed by atoms with van der Waals surface area (Å²) in [5.41, 5.74) is 7.06. The second kappa shape index (κ2) is 12.2. The van der Waals surface area contributed by atoms with Gasteiger partial charge in [-0.05, 0) is 49.8 Å². The Balaban J connectivity index is 0.00000312. The number of hydrogen-bond donors (Lipinski definition) is 2. The van der Waals surface area contributed by atoms with E-state index in [0.29, 0.717) is 18.6 Å². The first-order valence-electron chi connectivity index (χ1n) is 8.59. The predicted molar refractivity (Wildman–Crippen MR) is 111 cm³/mol. The monoisotopic (exact) mass is 463 g/mol. The fraction of sp³-hybridized carbons (Fsp3) is 0.611. The van der Waals surface area contributed by atoms with Gasteiger partial charge in [0.1, 0.15) is 0 Å². The van der Waals surface area contributed by atoms with E-state index in [1.165, 1.54) is 12.8 Å². The number of halogens is 1. The van der Waals surface area contributed by atoms with Gasteiger partial charge in [0.25, 0.3) is 0 Å². The standard InChI is InChI=1S/C18H29N3O3.HI/c1-22-16-7-6-14(13-17(16)23-2)8-10-20-18(19)21-11-9-15-5-3-4-12-24-15;/h6-7,13,15H,3-5,8-12H2,1-2H3,(H3,19,20,21);1H. The lowest BCUT2D eigenvalue weighted by Gasteiger charge is -2.21. The highest BCUT2D eigenvalue weighted by atomic mass is 127. The molecule has 0 bridgehead atoms. The van der Waals surface area contributed by atoms with Gasteiger partial charge in [0.2, 0.25) is 0 Å². The summed E-state index contributed by atoms with van der Waals surface area (Å²) in [5, 5.41) is 3.15. The van der Waals surface area contributed by atoms with E-state index in [-0.39, 0.29) is 24.0 Å². The van der Waals surface area contributed by atoms with Crippen LogP contribution in [0.4, 0.5) is 0 Å². The number of nitrogens with one attached hydrogen (secondary N) is 1. The fourth-order valence-electron chi connectivity index (χ4n) is 2.79. The minimum absolute atomic E-state index is 0. The van der Waals surface area contributed by atoms with E-state index in [1.54, 1.807) is 14.2 Å². The molecule has 0 amide bonds. The maximum Gasteiger partial charge on any atom is 0.188 e. The van der Waals surface area contributed by atoms with Gasteiger partial charge in [0.15, 0.2) is 17.5 Å². The molecule has 142 valence electrons. The molecule has 1 aliphatic heterocycles. The highest BCUT2D eigenvalue weighted by molar-refractivity contribution is 14.0. The maximum atomic E-state index is 5.91. The molecule has 1 fully saturated rings. The van der Waals surface area contributed by atoms with Crippen LogP contribution in [0.25, 0.3) is 0 Å². The summed E-state index contributed by atoms with van der Waals surface area (Å²) in [6.07, 6.45) is 5.71. The van der Waals surface area contributed by atoms with Crippen molar-refractivity contribution >= 4 is 29.9 Å². The second-order valence-corrected chi connectivity index (χ2v) is 5.91. The van der Waals surface area contributed by atoms with Crippen LogP contribution in [0.3, 0.4) is 0 Å². The number of hydrogen-bond acceptors (Lipinski definition) is 4. The predicted octanol–water partition coefficient (Wildman–Crippen LogP) is 2.73. The maximum absolute atomic E-state index is 5.91. The van der Waals surface area contributed by atoms with Gasteiger partial charge in [-0.15, -0.1) is 24.0 Å². The fourth-order valence-corrected chi connectivity index (χ4v) is 2.79. The lowest BCUT2D eigenvalue weighted by Crippen LogP contribution is -2.33. The van der Waals surface area contributed by atoms with Crippen LogP contribution < -0.4 is 20.5 Å². The molecular formula is C18H30IN3O3. The number of methoxy groups -OCH3 is 2. The molecule has 2 rings (SSSR count). The second-order valence-electron chi connectivity index (χ2n) is 5.91. The largest absolute Gasteiger partial charge is 0.493 e. The molecule has 6 nitrogen and oxygen atoms in total. The molecule has 1 aliphatic rings. The molecule has 1 unspecified atom stereocenters. The van der Waals surface area contributed by atoms with Gasteiger partial charge >= 0.3 is 0 Å². The molecule has 0 radical (unpaired) electrons. The van der Waals surface area contributed by atoms with Crippen LogP contribution in [0.1, 0.15) is 31.2 Å². The molecule has 1 aromatic carbocycles. The van der Waals surface area contributed by atoms with Crippen molar-refractivity contribution in [1.82, 2.24) is 5.32 Å². The van der Waals surface area contributed by atoms with Crippen LogP contribution in [-0.2, 0) is 11.2 Å². The molecule has 7 heteroatoms. The summed E-state index contributed by atoms with van der Waals surface area (Å²) in [4.78, 5) is 4.37. The van der Waals surface area contributed by atoms with E-state index in [2.05, 4.69) is 10.3 Å². The first-order valence-corrected chi connectivity index (χ1v) is 8.59. The SMILES string of the molecule is COc1ccc(CCNC(N)=NCCC2CCCCO2)cc1OC.I. The molecule has 1 aromatic rings. The third-order valence-corrected chi connectivity index (χ3v) is 4.17. The van der Waals surface area contributed by atoms with Crippen LogP contribution in [0.2, 0.25) is 0 Å². The molecule has 1 atom stereocenters. The van der Waals surface area contributed by atoms with Crippen molar-refractivity contribution in [2.24, 2.45) is 10.7 Å². The van der Waals surface area contributed by atoms with Gasteiger partial charge < -0.3 is 25.3 Å². The summed E-state index contributed by atoms with van der Waals surface area (Å²) >= 11 is 0. The molecule has 3 N–H and O–H groups in total. The smallest absolute Gasteiger partial charge is 0.188 e. The molecular weight excluding hydrogens is 433 g/mol. The van der Waals surface area contributed by atoms with Gasteiger partial charge in [0.05, 0.1) is 20.3 Å². The molecule has 0 aromatic heterocycles. The van der Waals surface area contributed by atoms with E-state index in [1.807, 2.05) is 18.2 Å². The van der Waals surface area contributed by atoms with Crippen LogP contribution in [-0.4, -0.2) is 46.0 Å². The zero-order valence-electron chi connectivity index (χ0n) is 15.1. The van der Waals surface area contributed by atoms with Crippen molar-refractivity contribution in [3.05, 3.63) is 23.8 Å². The van der Waals surface area contributed by atoms with Crippen molar-refractivity contribution in [1.29, 1.82) is 0 Å². The first-order chi connectivity index (χ1) is 11.7. The number of guanidine groups is 1. The van der Waals surface area contributed by atoms with E-state index in [4.69, 9.17) is 19.9 Å². The molecule has 0 saturated carbocycles. The minimum atomic E-state index is 0. The third kappa shape index (κ3) is 7.68. The van der Waals surface area contributed by atoms with E-state index in [9.17, 15) is 0 Å². The van der Waals surface area contributed by atoms with E-state index >= 15 is 0 Å². The van der Waals surface area contributed by atoms with E-state index < -0.39 is 0 Å². The number of ether oxygens (including phenoxy) is 3. The Hall–Kier alpha value is -1.22. The van der Waals surface area contributed by atoms with Crippen LogP contribution in [0.5, 0.6) is 11.5 Å². The highest BCUT2D eigenvalue weighted by Crippen LogP contribution is 2.27. The number of nitrogens with two attached hydrogens (primary N) is 1. The molecule has 1 heterocycles. The minimum Gasteiger partial charge on any atom is -0.493 e. The quantitative estimate of drug-likeness (QED) is 0.352. The molecule has 1 saturated heterocycles. The number of rotatable bonds is 8. The summed E-state index contributed by atoms with van der Waals surface area (Å²) in [5.74, 6) is 1.97. The van der Waals surface area contributed by atoms with Crippen molar-refractivity contribution < 1.29 is 14.2 Å². The number of benzene rings is 1. The summed E-state index contributed by atoms with van der Waals surface area (Å²) in [7, 11) is 3.27. The Labute approximate surface area is 167 Å². The molecule has 0 spiro atoms. The van der Waals surface area contributed by atoms with E-state index in [0.717, 1.165) is 49.5 Å². The Morgan fingerprint density at radius 1 is 1.28 bits per heavy atom. The number of nitrogens with zero attached hydrogens (tertiary/aromatic N) is 1. The lowest BCUT2D eigenvalue weighted by atomic mass is 10.1. The van der Waals surface area contributed by atoms with Crippen molar-refractivity contribution in [3.63, 3.8) is 0 Å². The summed E-state index contributed by atoms with van der Waals surface area (Å²) in [6.45, 7) is 2.32. The zero-order chi connectivity index (χ0) is 17.2. The molecule has 25 heavy (non-hydrogen) atoms. The summed E-state index contributed by atoms with van der Waals surface area (Å²) < 4.78 is 16.2. The highest BCUT2D eigenvalue weighted by Gasteiger charge is 2.12. The van der Waals surface area contributed by atoms with Gasteiger partial charge in [-0.25, -0.2) is 0 Å². The van der Waals surface area contributed by atoms with Crippen molar-refractivity contribution in [2.75, 3.05) is 33.9 Å². The molecule has 0 aliphatic carbocycles. The Kier molecular flexibility index (Phi) is 10.6. The van der Waals surface area contributed by atoms with Crippen molar-refractivity contribution in [2.45, 2.75) is 38.2 Å². The van der Waals surface area contributed by atoms with Gasteiger partial charge in [0, 0.05) is 19.7 Å². The first kappa shape index (κ1) is 21.8. The number of aliphatic imine (C=N–C) groups is 1. The Morgan fingerprint density at radius 2 is 2.08 bits per heavy atom. The third-order valence-electron chi connectivity index (χ3n) is 4.17. The average Bonchev–Trinajstić information content (AvgIpc) is 2.62. The van der Waals surface area contributed by atoms with Crippen LogP contribution in [0, 0.1) is 0 Å². The zero-order valence-corrected chi connectivity index (χ0v) is 17.5.